The third kappa shape index (κ3) is 7.20. The number of ether oxygens (including phenoxy) is 1. The van der Waals surface area contributed by atoms with Gasteiger partial charge in [-0.15, -0.1) is 0 Å². The first-order valence-corrected chi connectivity index (χ1v) is 12.1. The average Bonchev–Trinajstić information content (AvgIpc) is 3.52. The van der Waals surface area contributed by atoms with Gasteiger partial charge in [-0.25, -0.2) is 17.6 Å². The van der Waals surface area contributed by atoms with Crippen LogP contribution in [0.15, 0.2) is 52.2 Å². The van der Waals surface area contributed by atoms with Crippen LogP contribution in [0, 0.1) is 11.7 Å². The van der Waals surface area contributed by atoms with E-state index in [1.165, 1.54) is 22.9 Å². The average molecular weight is 451 g/mol. The zero-order valence-corrected chi connectivity index (χ0v) is 18.2. The number of H-pyrrole nitrogens is 1. The van der Waals surface area contributed by atoms with E-state index in [1.54, 1.807) is 31.2 Å². The van der Waals surface area contributed by atoms with Crippen molar-refractivity contribution in [2.45, 2.75) is 38.6 Å². The van der Waals surface area contributed by atoms with Gasteiger partial charge in [-0.05, 0) is 48.8 Å². The van der Waals surface area contributed by atoms with Crippen LogP contribution in [-0.4, -0.2) is 36.1 Å². The second kappa shape index (κ2) is 10.1. The molecule has 0 saturated heterocycles. The first kappa shape index (κ1) is 23.0. The molecule has 1 aromatic heterocycles. The first-order chi connectivity index (χ1) is 14.7. The summed E-state index contributed by atoms with van der Waals surface area (Å²) < 4.78 is 45.8. The van der Waals surface area contributed by atoms with Gasteiger partial charge in [0.1, 0.15) is 0 Å². The summed E-state index contributed by atoms with van der Waals surface area (Å²) >= 11 is 0. The molecule has 1 aromatic carbocycles. The molecule has 1 N–H and O–H groups in total. The van der Waals surface area contributed by atoms with Gasteiger partial charge in [-0.1, -0.05) is 25.1 Å². The molecule has 7 nitrogen and oxygen atoms in total. The summed E-state index contributed by atoms with van der Waals surface area (Å²) in [6.45, 7) is 2.53. The molecule has 0 spiro atoms. The molecule has 1 heterocycles. The van der Waals surface area contributed by atoms with Crippen molar-refractivity contribution in [2.24, 2.45) is 5.92 Å². The van der Waals surface area contributed by atoms with Gasteiger partial charge in [0.2, 0.25) is 0 Å². The standard InChI is InChI=1S/C22H27FN2O5S/c1-16(18-7-8-19(23)20(13-18)30-14-17-5-6-17)15-31(28,29)12-4-2-3-10-25-11-9-21(26)24-22(25)27/h2-3,7-9,11,13,16-17H,4-6,10,12,14-15H2,1H3,(H,24,26,27)/b3-2+/t16-/m0/s1. The van der Waals surface area contributed by atoms with Gasteiger partial charge in [0, 0.05) is 18.8 Å². The zero-order chi connectivity index (χ0) is 22.4. The minimum absolute atomic E-state index is 0.0272. The summed E-state index contributed by atoms with van der Waals surface area (Å²) in [5.41, 5.74) is -0.254. The molecule has 0 unspecified atom stereocenters. The van der Waals surface area contributed by atoms with Gasteiger partial charge in [-0.2, -0.15) is 0 Å². The molecule has 1 aliphatic carbocycles. The number of allylic oxidation sites excluding steroid dienone is 2. The molecule has 1 saturated carbocycles. The van der Waals surface area contributed by atoms with Gasteiger partial charge in [-0.3, -0.25) is 14.3 Å². The van der Waals surface area contributed by atoms with Crippen LogP contribution in [0.1, 0.15) is 37.7 Å². The van der Waals surface area contributed by atoms with Crippen LogP contribution in [0.3, 0.4) is 0 Å². The maximum Gasteiger partial charge on any atom is 0.328 e. The molecule has 2 aromatic rings. The van der Waals surface area contributed by atoms with Crippen molar-refractivity contribution in [3.05, 3.63) is 74.8 Å². The molecule has 0 aliphatic heterocycles. The van der Waals surface area contributed by atoms with Crippen molar-refractivity contribution < 1.29 is 17.5 Å². The number of nitrogens with one attached hydrogen (secondary N) is 1. The van der Waals surface area contributed by atoms with Gasteiger partial charge >= 0.3 is 5.69 Å². The summed E-state index contributed by atoms with van der Waals surface area (Å²) in [6, 6.07) is 5.77. The Morgan fingerprint density at radius 3 is 2.74 bits per heavy atom. The number of benzene rings is 1. The Morgan fingerprint density at radius 2 is 2.03 bits per heavy atom. The van der Waals surface area contributed by atoms with Crippen molar-refractivity contribution in [2.75, 3.05) is 18.1 Å². The monoisotopic (exact) mass is 450 g/mol. The molecule has 0 radical (unpaired) electrons. The van der Waals surface area contributed by atoms with Gasteiger partial charge in [0.05, 0.1) is 18.1 Å². The van der Waals surface area contributed by atoms with Crippen molar-refractivity contribution in [3.8, 4) is 5.75 Å². The van der Waals surface area contributed by atoms with Crippen molar-refractivity contribution >= 4 is 9.84 Å². The number of aromatic nitrogens is 2. The molecule has 1 fully saturated rings. The van der Waals surface area contributed by atoms with E-state index in [0.717, 1.165) is 18.4 Å². The van der Waals surface area contributed by atoms with E-state index in [-0.39, 0.29) is 29.7 Å². The molecule has 3 rings (SSSR count). The molecular formula is C22H27FN2O5S. The number of rotatable bonds is 11. The van der Waals surface area contributed by atoms with E-state index in [2.05, 4.69) is 4.98 Å². The lowest BCUT2D eigenvalue weighted by molar-refractivity contribution is 0.285. The van der Waals surface area contributed by atoms with E-state index < -0.39 is 26.9 Å². The van der Waals surface area contributed by atoms with Crippen LogP contribution in [0.4, 0.5) is 4.39 Å². The summed E-state index contributed by atoms with van der Waals surface area (Å²) in [6.07, 6.45) is 7.28. The van der Waals surface area contributed by atoms with E-state index in [0.29, 0.717) is 18.9 Å². The fourth-order valence-electron chi connectivity index (χ4n) is 3.13. The number of hydrogen-bond acceptors (Lipinski definition) is 5. The largest absolute Gasteiger partial charge is 0.490 e. The SMILES string of the molecule is C[C@@H](CS(=O)(=O)CC/C=C/Cn1ccc(=O)[nH]c1=O)c1ccc(F)c(OCC2CC2)c1. The predicted molar refractivity (Wildman–Crippen MR) is 117 cm³/mol. The number of sulfone groups is 1. The van der Waals surface area contributed by atoms with Crippen LogP contribution in [0.5, 0.6) is 5.75 Å². The van der Waals surface area contributed by atoms with Crippen LogP contribution in [0.2, 0.25) is 0 Å². The molecule has 31 heavy (non-hydrogen) atoms. The molecule has 168 valence electrons. The van der Waals surface area contributed by atoms with E-state index in [1.807, 2.05) is 0 Å². The van der Waals surface area contributed by atoms with E-state index in [9.17, 15) is 22.4 Å². The van der Waals surface area contributed by atoms with Crippen molar-refractivity contribution in [3.63, 3.8) is 0 Å². The number of hydrogen-bond donors (Lipinski definition) is 1. The maximum absolute atomic E-state index is 14.0. The number of halogens is 1. The van der Waals surface area contributed by atoms with Gasteiger partial charge < -0.3 is 4.74 Å². The van der Waals surface area contributed by atoms with Crippen LogP contribution in [0.25, 0.3) is 0 Å². The second-order valence-corrected chi connectivity index (χ2v) is 10.2. The Kier molecular flexibility index (Phi) is 7.48. The summed E-state index contributed by atoms with van der Waals surface area (Å²) in [5, 5.41) is 0. The number of nitrogens with zero attached hydrogens (tertiary/aromatic N) is 1. The Morgan fingerprint density at radius 1 is 1.26 bits per heavy atom. The van der Waals surface area contributed by atoms with Gasteiger partial charge in [0.25, 0.3) is 5.56 Å². The fraction of sp³-hybridized carbons (Fsp3) is 0.455. The van der Waals surface area contributed by atoms with Crippen LogP contribution >= 0.6 is 0 Å². The fourth-order valence-corrected chi connectivity index (χ4v) is 4.75. The predicted octanol–water partition coefficient (Wildman–Crippen LogP) is 2.63. The smallest absolute Gasteiger partial charge is 0.328 e. The molecule has 0 bridgehead atoms. The maximum atomic E-state index is 14.0. The van der Waals surface area contributed by atoms with Crippen molar-refractivity contribution in [1.29, 1.82) is 0 Å². The molecule has 9 heteroatoms. The molecule has 1 atom stereocenters. The summed E-state index contributed by atoms with van der Waals surface area (Å²) in [7, 11) is -3.33. The number of aromatic amines is 1. The summed E-state index contributed by atoms with van der Waals surface area (Å²) in [4.78, 5) is 24.8. The van der Waals surface area contributed by atoms with Crippen LogP contribution < -0.4 is 16.0 Å². The third-order valence-electron chi connectivity index (χ3n) is 5.16. The normalized spacial score (nSPS) is 15.3. The Labute approximate surface area is 180 Å². The lowest BCUT2D eigenvalue weighted by Crippen LogP contribution is -2.28. The Bertz CT molecular complexity index is 1150. The highest BCUT2D eigenvalue weighted by Crippen LogP contribution is 2.31. The van der Waals surface area contributed by atoms with E-state index >= 15 is 0 Å². The molecule has 1 aliphatic rings. The molecular weight excluding hydrogens is 423 g/mol. The third-order valence-corrected chi connectivity index (χ3v) is 7.03. The Balaban J connectivity index is 1.50. The van der Waals surface area contributed by atoms with Crippen molar-refractivity contribution in [1.82, 2.24) is 9.55 Å². The van der Waals surface area contributed by atoms with E-state index in [4.69, 9.17) is 4.74 Å². The molecule has 0 amide bonds. The zero-order valence-electron chi connectivity index (χ0n) is 17.4. The summed E-state index contributed by atoms with van der Waals surface area (Å²) in [5.74, 6) is -0.135. The second-order valence-electron chi connectivity index (χ2n) is 7.98. The minimum Gasteiger partial charge on any atom is -0.490 e. The quantitative estimate of drug-likeness (QED) is 0.531. The first-order valence-electron chi connectivity index (χ1n) is 10.3. The highest BCUT2D eigenvalue weighted by Gasteiger charge is 2.23. The highest BCUT2D eigenvalue weighted by molar-refractivity contribution is 7.91. The Hall–Kier alpha value is -2.68. The minimum atomic E-state index is -3.33. The highest BCUT2D eigenvalue weighted by atomic mass is 32.2. The lowest BCUT2D eigenvalue weighted by atomic mass is 10.0. The lowest BCUT2D eigenvalue weighted by Gasteiger charge is -2.14. The topological polar surface area (TPSA) is 98.2 Å². The van der Waals surface area contributed by atoms with Gasteiger partial charge in [0.15, 0.2) is 21.4 Å². The van der Waals surface area contributed by atoms with Crippen LogP contribution in [-0.2, 0) is 16.4 Å².